The third kappa shape index (κ3) is 19.0. The molecule has 118 valence electrons. The van der Waals surface area contributed by atoms with Crippen LogP contribution >= 0.6 is 0 Å². The van der Waals surface area contributed by atoms with Gasteiger partial charge in [0, 0.05) is 19.4 Å². The number of allylic oxidation sites excluding steroid dienone is 1. The fourth-order valence-electron chi connectivity index (χ4n) is 1.64. The van der Waals surface area contributed by atoms with Crippen molar-refractivity contribution in [2.45, 2.75) is 59.9 Å². The van der Waals surface area contributed by atoms with Crippen LogP contribution in [-0.2, 0) is 4.79 Å². The van der Waals surface area contributed by atoms with E-state index in [2.05, 4.69) is 18.9 Å². The second-order valence-electron chi connectivity index (χ2n) is 4.47. The zero-order valence-corrected chi connectivity index (χ0v) is 13.5. The highest BCUT2D eigenvalue weighted by Crippen LogP contribution is 2.16. The molecule has 0 rings (SSSR count). The van der Waals surface area contributed by atoms with Gasteiger partial charge in [-0.25, -0.2) is 0 Å². The van der Waals surface area contributed by atoms with Gasteiger partial charge in [-0.2, -0.15) is 5.26 Å². The molecule has 0 aliphatic rings. The molecular formula is C15H31N3O2. The molecule has 0 fully saturated rings. The van der Waals surface area contributed by atoms with Gasteiger partial charge in [-0.05, 0) is 24.7 Å². The van der Waals surface area contributed by atoms with Crippen molar-refractivity contribution < 1.29 is 9.90 Å². The van der Waals surface area contributed by atoms with E-state index in [9.17, 15) is 4.79 Å². The Bertz CT molecular complexity index is 275. The average Bonchev–Trinajstić information content (AvgIpc) is 2.40. The van der Waals surface area contributed by atoms with Crippen LogP contribution in [0.15, 0.2) is 12.7 Å². The van der Waals surface area contributed by atoms with Crippen LogP contribution in [0.3, 0.4) is 0 Å². The minimum Gasteiger partial charge on any atom is -0.481 e. The number of rotatable bonds is 8. The minimum atomic E-state index is -0.755. The summed E-state index contributed by atoms with van der Waals surface area (Å²) in [6.45, 7) is 13.1. The average molecular weight is 285 g/mol. The van der Waals surface area contributed by atoms with Crippen LogP contribution in [0.2, 0.25) is 0 Å². The van der Waals surface area contributed by atoms with E-state index in [1.54, 1.807) is 6.07 Å². The van der Waals surface area contributed by atoms with Gasteiger partial charge in [-0.1, -0.05) is 33.8 Å². The number of carbonyl (C=O) groups is 1. The van der Waals surface area contributed by atoms with E-state index in [1.165, 1.54) is 6.92 Å². The molecule has 0 aromatic rings. The summed E-state index contributed by atoms with van der Waals surface area (Å²) < 4.78 is 0. The Hall–Kier alpha value is -1.38. The van der Waals surface area contributed by atoms with Crippen LogP contribution in [0, 0.1) is 23.2 Å². The van der Waals surface area contributed by atoms with Crippen molar-refractivity contribution in [1.29, 1.82) is 5.26 Å². The van der Waals surface area contributed by atoms with Gasteiger partial charge in [0.25, 0.3) is 0 Å². The summed E-state index contributed by atoms with van der Waals surface area (Å²) in [5, 5.41) is 15.9. The van der Waals surface area contributed by atoms with Crippen LogP contribution in [0.4, 0.5) is 0 Å². The van der Waals surface area contributed by atoms with Crippen LogP contribution in [0.5, 0.6) is 0 Å². The molecule has 0 aromatic carbocycles. The first-order chi connectivity index (χ1) is 9.40. The molecule has 0 aliphatic heterocycles. The Labute approximate surface area is 123 Å². The monoisotopic (exact) mass is 285 g/mol. The Kier molecular flexibility index (Phi) is 20.9. The van der Waals surface area contributed by atoms with Crippen molar-refractivity contribution in [3.8, 4) is 6.07 Å². The number of carboxylic acids is 1. The molecule has 0 aromatic heterocycles. The molecule has 3 atom stereocenters. The third-order valence-corrected chi connectivity index (χ3v) is 2.50. The first kappa shape index (κ1) is 23.7. The van der Waals surface area contributed by atoms with Crippen LogP contribution in [0.1, 0.15) is 53.9 Å². The largest absolute Gasteiger partial charge is 0.481 e. The molecule has 0 saturated heterocycles. The molecule has 3 unspecified atom stereocenters. The number of hydrogen-bond acceptors (Lipinski definition) is 4. The fraction of sp³-hybridized carbons (Fsp3) is 0.733. The van der Waals surface area contributed by atoms with Gasteiger partial charge in [0.05, 0.1) is 6.07 Å². The van der Waals surface area contributed by atoms with Crippen molar-refractivity contribution in [2.75, 3.05) is 0 Å². The maximum absolute atomic E-state index is 10.5. The third-order valence-electron chi connectivity index (χ3n) is 2.50. The number of hydrogen-bond donors (Lipinski definition) is 3. The summed E-state index contributed by atoms with van der Waals surface area (Å²) in [4.78, 5) is 10.5. The van der Waals surface area contributed by atoms with Gasteiger partial charge in [0.1, 0.15) is 0 Å². The molecule has 0 radical (unpaired) electrons. The number of aliphatic carboxylic acids is 1. The molecular weight excluding hydrogens is 254 g/mol. The summed E-state index contributed by atoms with van der Waals surface area (Å²) in [6.07, 6.45) is 3.75. The van der Waals surface area contributed by atoms with Crippen LogP contribution < -0.4 is 11.3 Å². The first-order valence-corrected chi connectivity index (χ1v) is 7.02. The predicted molar refractivity (Wildman–Crippen MR) is 83.8 cm³/mol. The first-order valence-electron chi connectivity index (χ1n) is 7.02. The fourth-order valence-corrected chi connectivity index (χ4v) is 1.64. The highest BCUT2D eigenvalue weighted by atomic mass is 16.4. The van der Waals surface area contributed by atoms with E-state index < -0.39 is 5.97 Å². The lowest BCUT2D eigenvalue weighted by atomic mass is 9.93. The summed E-state index contributed by atoms with van der Waals surface area (Å²) in [5.41, 5.74) is 2.73. The standard InChI is InChI=1S/C11H22N2O2.C2H3N.C2H6/c1-4-8(2)5-10(13-12)6-9(3)7-11(14)15;1-2-3;1-2/h4,8-10,13H,1,5-7,12H2,2-3H3,(H,14,15);1H3;1-2H3. The van der Waals surface area contributed by atoms with Crippen molar-refractivity contribution in [3.05, 3.63) is 12.7 Å². The van der Waals surface area contributed by atoms with E-state index in [-0.39, 0.29) is 18.4 Å². The molecule has 0 bridgehead atoms. The summed E-state index contributed by atoms with van der Waals surface area (Å²) in [7, 11) is 0. The maximum Gasteiger partial charge on any atom is 0.303 e. The number of nitrogens with zero attached hydrogens (tertiary/aromatic N) is 1. The van der Waals surface area contributed by atoms with Gasteiger partial charge >= 0.3 is 5.97 Å². The number of nitriles is 1. The SMILES string of the molecule is C=CC(C)CC(CC(C)CC(=O)O)NN.CC.CC#N. The lowest BCUT2D eigenvalue weighted by Gasteiger charge is -2.21. The normalized spacial score (nSPS) is 13.2. The molecule has 0 amide bonds. The van der Waals surface area contributed by atoms with E-state index in [0.717, 1.165) is 12.8 Å². The Morgan fingerprint density at radius 3 is 2.20 bits per heavy atom. The number of nitrogens with two attached hydrogens (primary N) is 1. The number of hydrazine groups is 1. The Morgan fingerprint density at radius 2 is 1.90 bits per heavy atom. The number of carboxylic acid groups (broad SMARTS) is 1. The van der Waals surface area contributed by atoms with E-state index in [1.807, 2.05) is 26.8 Å². The Morgan fingerprint density at radius 1 is 1.45 bits per heavy atom. The van der Waals surface area contributed by atoms with Gasteiger partial charge in [-0.3, -0.25) is 16.1 Å². The van der Waals surface area contributed by atoms with Crippen molar-refractivity contribution in [3.63, 3.8) is 0 Å². The second kappa shape index (κ2) is 17.6. The molecule has 0 saturated carbocycles. The highest BCUT2D eigenvalue weighted by Gasteiger charge is 2.15. The van der Waals surface area contributed by atoms with Crippen molar-refractivity contribution >= 4 is 5.97 Å². The van der Waals surface area contributed by atoms with E-state index >= 15 is 0 Å². The lowest BCUT2D eigenvalue weighted by Crippen LogP contribution is -2.37. The summed E-state index contributed by atoms with van der Waals surface area (Å²) >= 11 is 0. The maximum atomic E-state index is 10.5. The lowest BCUT2D eigenvalue weighted by molar-refractivity contribution is -0.138. The molecule has 0 spiro atoms. The predicted octanol–water partition coefficient (Wildman–Crippen LogP) is 3.09. The van der Waals surface area contributed by atoms with E-state index in [4.69, 9.17) is 16.2 Å². The Balaban J connectivity index is -0.000000505. The molecule has 5 heteroatoms. The van der Waals surface area contributed by atoms with Crippen LogP contribution in [-0.4, -0.2) is 17.1 Å². The van der Waals surface area contributed by atoms with Gasteiger partial charge in [0.2, 0.25) is 0 Å². The molecule has 0 aliphatic carbocycles. The van der Waals surface area contributed by atoms with Gasteiger partial charge < -0.3 is 5.11 Å². The summed E-state index contributed by atoms with van der Waals surface area (Å²) in [5.74, 6) is 5.20. The topological polar surface area (TPSA) is 99.1 Å². The second-order valence-corrected chi connectivity index (χ2v) is 4.47. The summed E-state index contributed by atoms with van der Waals surface area (Å²) in [6, 6.07) is 1.91. The molecule has 20 heavy (non-hydrogen) atoms. The smallest absolute Gasteiger partial charge is 0.303 e. The van der Waals surface area contributed by atoms with Crippen molar-refractivity contribution in [1.82, 2.24) is 5.43 Å². The molecule has 0 heterocycles. The molecule has 5 nitrogen and oxygen atoms in total. The molecule has 4 N–H and O–H groups in total. The van der Waals surface area contributed by atoms with Gasteiger partial charge in [-0.15, -0.1) is 6.58 Å². The van der Waals surface area contributed by atoms with E-state index in [0.29, 0.717) is 5.92 Å². The van der Waals surface area contributed by atoms with Crippen molar-refractivity contribution in [2.24, 2.45) is 17.7 Å². The highest BCUT2D eigenvalue weighted by molar-refractivity contribution is 5.66. The zero-order chi connectivity index (χ0) is 16.6. The quantitative estimate of drug-likeness (QED) is 0.361. The number of nitrogens with one attached hydrogen (secondary N) is 1. The minimum absolute atomic E-state index is 0.139. The van der Waals surface area contributed by atoms with Gasteiger partial charge in [0.15, 0.2) is 0 Å². The van der Waals surface area contributed by atoms with Crippen LogP contribution in [0.25, 0.3) is 0 Å². The zero-order valence-electron chi connectivity index (χ0n) is 13.5.